The molecule has 0 aliphatic carbocycles. The smallest absolute Gasteiger partial charge is 0.412 e. The van der Waals surface area contributed by atoms with Crippen molar-refractivity contribution in [1.29, 1.82) is 0 Å². The van der Waals surface area contributed by atoms with Crippen LogP contribution in [0.2, 0.25) is 0 Å². The number of amides is 2. The number of anilines is 1. The molecule has 0 unspecified atom stereocenters. The summed E-state index contributed by atoms with van der Waals surface area (Å²) in [6.07, 6.45) is 1.26. The predicted molar refractivity (Wildman–Crippen MR) is 144 cm³/mol. The van der Waals surface area contributed by atoms with E-state index in [1.54, 1.807) is 66.2 Å². The van der Waals surface area contributed by atoms with Crippen LogP contribution in [0.25, 0.3) is 0 Å². The molecule has 2 atom stereocenters. The Labute approximate surface area is 230 Å². The van der Waals surface area contributed by atoms with Crippen molar-refractivity contribution in [3.05, 3.63) is 90.5 Å². The molecule has 0 spiro atoms. The van der Waals surface area contributed by atoms with Gasteiger partial charge in [0.15, 0.2) is 17.6 Å². The molecule has 0 radical (unpaired) electrons. The van der Waals surface area contributed by atoms with Crippen molar-refractivity contribution in [1.82, 2.24) is 5.48 Å². The molecule has 1 heterocycles. The molecule has 0 fully saturated rings. The summed E-state index contributed by atoms with van der Waals surface area (Å²) in [6, 6.07) is 21.0. The maximum Gasteiger partial charge on any atom is 0.412 e. The Balaban J connectivity index is 1.58. The molecular formula is C29H30N2O9. The van der Waals surface area contributed by atoms with Crippen molar-refractivity contribution < 1.29 is 43.6 Å². The summed E-state index contributed by atoms with van der Waals surface area (Å²) in [5.74, 6) is 1.54. The first-order valence-corrected chi connectivity index (χ1v) is 12.6. The first-order chi connectivity index (χ1) is 19.6. The van der Waals surface area contributed by atoms with Crippen LogP contribution in [-0.4, -0.2) is 48.4 Å². The van der Waals surface area contributed by atoms with E-state index in [0.717, 1.165) is 0 Å². The van der Waals surface area contributed by atoms with Gasteiger partial charge in [0.2, 0.25) is 6.79 Å². The fourth-order valence-corrected chi connectivity index (χ4v) is 3.95. The molecule has 0 aromatic heterocycles. The molecule has 11 heteroatoms. The zero-order chi connectivity index (χ0) is 28.2. The number of aliphatic hydroxyl groups is 1. The van der Waals surface area contributed by atoms with Gasteiger partial charge in [0, 0.05) is 17.8 Å². The monoisotopic (exact) mass is 550 g/mol. The molecule has 40 heavy (non-hydrogen) atoms. The molecule has 3 aromatic rings. The van der Waals surface area contributed by atoms with Gasteiger partial charge in [-0.3, -0.25) is 15.3 Å². The van der Waals surface area contributed by atoms with Crippen LogP contribution in [0.5, 0.6) is 23.0 Å². The molecule has 1 aliphatic rings. The predicted octanol–water partition coefficient (Wildman–Crippen LogP) is 4.37. The molecule has 4 rings (SSSR count). The lowest BCUT2D eigenvalue weighted by molar-refractivity contribution is -0.124. The Morgan fingerprint density at radius 3 is 2.50 bits per heavy atom. The molecule has 210 valence electrons. The van der Waals surface area contributed by atoms with Gasteiger partial charge >= 0.3 is 6.09 Å². The maximum absolute atomic E-state index is 13.1. The minimum atomic E-state index is -0.874. The fraction of sp³-hybridized carbons (Fsp3) is 0.241. The highest BCUT2D eigenvalue weighted by molar-refractivity contribution is 5.86. The number of carbonyl (C=O) groups is 2. The van der Waals surface area contributed by atoms with Gasteiger partial charge in [-0.05, 0) is 54.8 Å². The van der Waals surface area contributed by atoms with E-state index >= 15 is 0 Å². The molecule has 0 bridgehead atoms. The number of aliphatic hydroxyl groups excluding tert-OH is 1. The van der Waals surface area contributed by atoms with Crippen molar-refractivity contribution in [3.8, 4) is 23.0 Å². The third-order valence-electron chi connectivity index (χ3n) is 5.79. The highest BCUT2D eigenvalue weighted by atomic mass is 16.7. The topological polar surface area (TPSA) is 145 Å². The van der Waals surface area contributed by atoms with Crippen molar-refractivity contribution in [3.63, 3.8) is 0 Å². The third-order valence-corrected chi connectivity index (χ3v) is 5.79. The number of nitrogens with one attached hydrogen (secondary N) is 2. The summed E-state index contributed by atoms with van der Waals surface area (Å²) in [7, 11) is 0. The lowest BCUT2D eigenvalue weighted by Gasteiger charge is -2.28. The summed E-state index contributed by atoms with van der Waals surface area (Å²) in [4.78, 5) is 24.5. The van der Waals surface area contributed by atoms with Crippen LogP contribution in [0.1, 0.15) is 24.5 Å². The number of ether oxygens (including phenoxy) is 5. The highest BCUT2D eigenvalue weighted by Crippen LogP contribution is 2.35. The Hall–Kier alpha value is -4.74. The Morgan fingerprint density at radius 1 is 0.975 bits per heavy atom. The summed E-state index contributed by atoms with van der Waals surface area (Å²) >= 11 is 0. The number of para-hydroxylation sites is 1. The van der Waals surface area contributed by atoms with E-state index in [1.807, 2.05) is 18.2 Å². The molecular weight excluding hydrogens is 520 g/mol. The third kappa shape index (κ3) is 8.13. The number of carbonyl (C=O) groups excluding carboxylic acids is 2. The molecule has 11 nitrogen and oxygen atoms in total. The number of hydroxylamine groups is 1. The standard InChI is InChI=1S/C29H30N2O9/c32-16-17-36-22-13-10-20(11-14-22)28(40-29(34)30-21-12-15-24-26(18-21)38-19-37-24)25(8-4-5-9-27(33)31-35)39-23-6-2-1-3-7-23/h1-3,5-7,9-15,18,25,28,32,35H,4,8,16-17,19H2,(H,30,34)(H,31,33)/b9-5+/t25-,28-/m0/s1. The normalized spacial score (nSPS) is 13.3. The lowest BCUT2D eigenvalue weighted by atomic mass is 10.00. The summed E-state index contributed by atoms with van der Waals surface area (Å²) in [6.45, 7) is 0.128. The van der Waals surface area contributed by atoms with E-state index < -0.39 is 24.2 Å². The number of benzene rings is 3. The Kier molecular flexibility index (Phi) is 10.2. The van der Waals surface area contributed by atoms with Gasteiger partial charge in [0.25, 0.3) is 5.91 Å². The van der Waals surface area contributed by atoms with Gasteiger partial charge in [-0.2, -0.15) is 0 Å². The average Bonchev–Trinajstić information content (AvgIpc) is 3.45. The van der Waals surface area contributed by atoms with Gasteiger partial charge in [0.1, 0.15) is 24.2 Å². The van der Waals surface area contributed by atoms with Crippen LogP contribution in [0.3, 0.4) is 0 Å². The van der Waals surface area contributed by atoms with Gasteiger partial charge in [0.05, 0.1) is 6.61 Å². The highest BCUT2D eigenvalue weighted by Gasteiger charge is 2.29. The summed E-state index contributed by atoms with van der Waals surface area (Å²) in [5, 5.41) is 20.5. The van der Waals surface area contributed by atoms with E-state index in [9.17, 15) is 9.59 Å². The Morgan fingerprint density at radius 2 is 1.75 bits per heavy atom. The number of hydrogen-bond acceptors (Lipinski definition) is 9. The van der Waals surface area contributed by atoms with Crippen LogP contribution in [0.15, 0.2) is 84.9 Å². The number of allylic oxidation sites excluding steroid dienone is 1. The minimum Gasteiger partial charge on any atom is -0.491 e. The largest absolute Gasteiger partial charge is 0.491 e. The van der Waals surface area contributed by atoms with E-state index in [4.69, 9.17) is 34.0 Å². The van der Waals surface area contributed by atoms with Gasteiger partial charge in [-0.1, -0.05) is 36.4 Å². The minimum absolute atomic E-state index is 0.107. The van der Waals surface area contributed by atoms with Crippen LogP contribution in [0.4, 0.5) is 10.5 Å². The van der Waals surface area contributed by atoms with Crippen LogP contribution < -0.4 is 29.7 Å². The Bertz CT molecular complexity index is 1280. The second-order valence-corrected chi connectivity index (χ2v) is 8.59. The average molecular weight is 551 g/mol. The molecule has 1 aliphatic heterocycles. The SMILES string of the molecule is O=C(/C=C/CC[C@H](Oc1ccccc1)[C@@H](OC(=O)Nc1ccc2c(c1)OCO2)c1ccc(OCCO)cc1)NO. The van der Waals surface area contributed by atoms with Crippen LogP contribution >= 0.6 is 0 Å². The van der Waals surface area contributed by atoms with Crippen molar-refractivity contribution in [2.24, 2.45) is 0 Å². The van der Waals surface area contributed by atoms with E-state index in [1.165, 1.54) is 6.08 Å². The van der Waals surface area contributed by atoms with Gasteiger partial charge in [-0.15, -0.1) is 0 Å². The van der Waals surface area contributed by atoms with Crippen LogP contribution in [0, 0.1) is 0 Å². The lowest BCUT2D eigenvalue weighted by Crippen LogP contribution is -2.31. The molecule has 0 saturated heterocycles. The molecule has 2 amide bonds. The molecule has 3 aromatic carbocycles. The fourth-order valence-electron chi connectivity index (χ4n) is 3.95. The summed E-state index contributed by atoms with van der Waals surface area (Å²) < 4.78 is 28.4. The van der Waals surface area contributed by atoms with E-state index in [2.05, 4.69) is 5.32 Å². The second kappa shape index (κ2) is 14.4. The van der Waals surface area contributed by atoms with E-state index in [0.29, 0.717) is 47.1 Å². The summed E-state index contributed by atoms with van der Waals surface area (Å²) in [5.41, 5.74) is 2.64. The number of hydrogen-bond donors (Lipinski definition) is 4. The van der Waals surface area contributed by atoms with Crippen molar-refractivity contribution in [2.45, 2.75) is 25.0 Å². The number of fused-ring (bicyclic) bond motifs is 1. The van der Waals surface area contributed by atoms with Gasteiger partial charge in [-0.25, -0.2) is 10.3 Å². The zero-order valence-electron chi connectivity index (χ0n) is 21.5. The van der Waals surface area contributed by atoms with Crippen molar-refractivity contribution in [2.75, 3.05) is 25.3 Å². The number of rotatable bonds is 13. The van der Waals surface area contributed by atoms with Crippen LogP contribution in [-0.2, 0) is 9.53 Å². The van der Waals surface area contributed by atoms with Gasteiger partial charge < -0.3 is 28.8 Å². The maximum atomic E-state index is 13.1. The quantitative estimate of drug-likeness (QED) is 0.139. The van der Waals surface area contributed by atoms with E-state index in [-0.39, 0.29) is 20.0 Å². The van der Waals surface area contributed by atoms with Crippen molar-refractivity contribution >= 4 is 17.7 Å². The first kappa shape index (κ1) is 28.3. The first-order valence-electron chi connectivity index (χ1n) is 12.6. The molecule has 0 saturated carbocycles. The molecule has 4 N–H and O–H groups in total. The zero-order valence-corrected chi connectivity index (χ0v) is 21.5. The second-order valence-electron chi connectivity index (χ2n) is 8.59.